The summed E-state index contributed by atoms with van der Waals surface area (Å²) in [7, 11) is -3.47. The van der Waals surface area contributed by atoms with Gasteiger partial charge < -0.3 is 0 Å². The van der Waals surface area contributed by atoms with Crippen molar-refractivity contribution in [3.63, 3.8) is 0 Å². The third-order valence-electron chi connectivity index (χ3n) is 1.56. The maximum Gasteiger partial charge on any atom is 0.280 e. The van der Waals surface area contributed by atoms with Gasteiger partial charge in [0.15, 0.2) is 0 Å². The molecule has 0 aromatic heterocycles. The van der Waals surface area contributed by atoms with Crippen LogP contribution >= 0.6 is 0 Å². The summed E-state index contributed by atoms with van der Waals surface area (Å²) in [5.41, 5.74) is 0. The summed E-state index contributed by atoms with van der Waals surface area (Å²) in [6.45, 7) is 5.81. The lowest BCUT2D eigenvalue weighted by Crippen LogP contribution is -2.43. The Labute approximate surface area is 79.5 Å². The first-order chi connectivity index (χ1) is 5.97. The molecule has 0 aliphatic carbocycles. The standard InChI is InChI=1S/C7H15N3O2S/c1-4-10(5-2)13(11,12)9-7(3)6-8/h7,9H,4-5H2,1-3H3. The van der Waals surface area contributed by atoms with Gasteiger partial charge in [-0.3, -0.25) is 0 Å². The fourth-order valence-corrected chi connectivity index (χ4v) is 2.22. The van der Waals surface area contributed by atoms with Crippen LogP contribution in [0.25, 0.3) is 0 Å². The Kier molecular flexibility index (Phi) is 4.91. The minimum atomic E-state index is -3.47. The molecule has 0 saturated carbocycles. The van der Waals surface area contributed by atoms with E-state index < -0.39 is 16.3 Å². The van der Waals surface area contributed by atoms with E-state index >= 15 is 0 Å². The third-order valence-corrected chi connectivity index (χ3v) is 3.41. The van der Waals surface area contributed by atoms with Crippen LogP contribution < -0.4 is 4.72 Å². The first-order valence-electron chi connectivity index (χ1n) is 4.15. The molecule has 1 atom stereocenters. The molecule has 0 saturated heterocycles. The van der Waals surface area contributed by atoms with Gasteiger partial charge in [-0.2, -0.15) is 22.7 Å². The molecule has 0 spiro atoms. The van der Waals surface area contributed by atoms with Gasteiger partial charge in [-0.1, -0.05) is 13.8 Å². The monoisotopic (exact) mass is 205 g/mol. The van der Waals surface area contributed by atoms with Crippen molar-refractivity contribution in [2.45, 2.75) is 26.8 Å². The van der Waals surface area contributed by atoms with Crippen molar-refractivity contribution >= 4 is 10.2 Å². The number of hydrogen-bond acceptors (Lipinski definition) is 3. The van der Waals surface area contributed by atoms with Crippen LogP contribution in [0.4, 0.5) is 0 Å². The van der Waals surface area contributed by atoms with Crippen molar-refractivity contribution in [2.24, 2.45) is 0 Å². The molecule has 0 fully saturated rings. The second-order valence-corrected chi connectivity index (χ2v) is 4.26. The second kappa shape index (κ2) is 5.17. The quantitative estimate of drug-likeness (QED) is 0.690. The van der Waals surface area contributed by atoms with Crippen LogP contribution in [0.5, 0.6) is 0 Å². The summed E-state index contributed by atoms with van der Waals surface area (Å²) >= 11 is 0. The number of rotatable bonds is 5. The highest BCUT2D eigenvalue weighted by atomic mass is 32.2. The summed E-state index contributed by atoms with van der Waals surface area (Å²) in [6, 6.07) is 1.12. The molecule has 0 aliphatic heterocycles. The Bertz CT molecular complexity index is 277. The molecule has 0 amide bonds. The number of nitrogens with zero attached hydrogens (tertiary/aromatic N) is 2. The molecule has 0 aromatic carbocycles. The van der Waals surface area contributed by atoms with Gasteiger partial charge in [-0.25, -0.2) is 0 Å². The van der Waals surface area contributed by atoms with E-state index in [0.29, 0.717) is 13.1 Å². The molecule has 76 valence electrons. The van der Waals surface area contributed by atoms with Gasteiger partial charge in [0.1, 0.15) is 6.04 Å². The molecule has 6 heteroatoms. The molecule has 0 aromatic rings. The molecule has 1 unspecified atom stereocenters. The minimum Gasteiger partial charge on any atom is -0.197 e. The van der Waals surface area contributed by atoms with Crippen molar-refractivity contribution in [3.05, 3.63) is 0 Å². The smallest absolute Gasteiger partial charge is 0.197 e. The summed E-state index contributed by atoms with van der Waals surface area (Å²) in [5.74, 6) is 0. The molecule has 0 heterocycles. The van der Waals surface area contributed by atoms with E-state index in [1.807, 2.05) is 6.07 Å². The fraction of sp³-hybridized carbons (Fsp3) is 0.857. The highest BCUT2D eigenvalue weighted by Crippen LogP contribution is 1.97. The van der Waals surface area contributed by atoms with Crippen LogP contribution in [0.15, 0.2) is 0 Å². The molecule has 1 N–H and O–H groups in total. The van der Waals surface area contributed by atoms with E-state index in [9.17, 15) is 8.42 Å². The number of nitriles is 1. The first-order valence-corrected chi connectivity index (χ1v) is 5.59. The summed E-state index contributed by atoms with van der Waals surface area (Å²) in [4.78, 5) is 0. The van der Waals surface area contributed by atoms with E-state index in [1.165, 1.54) is 11.2 Å². The third kappa shape index (κ3) is 3.72. The molecule has 13 heavy (non-hydrogen) atoms. The Hall–Kier alpha value is -0.640. The van der Waals surface area contributed by atoms with Crippen LogP contribution in [0.1, 0.15) is 20.8 Å². The van der Waals surface area contributed by atoms with Gasteiger partial charge in [0.2, 0.25) is 0 Å². The Morgan fingerprint density at radius 3 is 2.23 bits per heavy atom. The predicted octanol–water partition coefficient (Wildman–Crippen LogP) is 0.0747. The van der Waals surface area contributed by atoms with Gasteiger partial charge in [0, 0.05) is 13.1 Å². The zero-order valence-electron chi connectivity index (χ0n) is 8.11. The largest absolute Gasteiger partial charge is 0.280 e. The SMILES string of the molecule is CCN(CC)S(=O)(=O)NC(C)C#N. The molecule has 0 radical (unpaired) electrons. The van der Waals surface area contributed by atoms with E-state index in [0.717, 1.165) is 0 Å². The Morgan fingerprint density at radius 2 is 1.92 bits per heavy atom. The number of hydrogen-bond donors (Lipinski definition) is 1. The Balaban J connectivity index is 4.49. The van der Waals surface area contributed by atoms with E-state index in [-0.39, 0.29) is 0 Å². The van der Waals surface area contributed by atoms with Crippen LogP contribution in [-0.4, -0.2) is 31.9 Å². The molecular weight excluding hydrogens is 190 g/mol. The van der Waals surface area contributed by atoms with Gasteiger partial charge in [0.25, 0.3) is 10.2 Å². The second-order valence-electron chi connectivity index (χ2n) is 2.56. The van der Waals surface area contributed by atoms with Gasteiger partial charge in [0.05, 0.1) is 6.07 Å². The summed E-state index contributed by atoms with van der Waals surface area (Å²) < 4.78 is 26.4. The lowest BCUT2D eigenvalue weighted by molar-refractivity contribution is 0.433. The fourth-order valence-electron chi connectivity index (χ4n) is 0.888. The average Bonchev–Trinajstić information content (AvgIpc) is 2.05. The van der Waals surface area contributed by atoms with Crippen molar-refractivity contribution in [1.29, 1.82) is 5.26 Å². The predicted molar refractivity (Wildman–Crippen MR) is 50.1 cm³/mol. The van der Waals surface area contributed by atoms with Crippen LogP contribution in [0, 0.1) is 11.3 Å². The van der Waals surface area contributed by atoms with Crippen LogP contribution in [0.2, 0.25) is 0 Å². The van der Waals surface area contributed by atoms with Crippen molar-refractivity contribution in [2.75, 3.05) is 13.1 Å². The zero-order chi connectivity index (χ0) is 10.5. The van der Waals surface area contributed by atoms with E-state index in [4.69, 9.17) is 5.26 Å². The van der Waals surface area contributed by atoms with Crippen molar-refractivity contribution in [1.82, 2.24) is 9.03 Å². The van der Waals surface area contributed by atoms with Gasteiger partial charge in [-0.15, -0.1) is 0 Å². The molecule has 0 rings (SSSR count). The maximum absolute atomic E-state index is 11.4. The highest BCUT2D eigenvalue weighted by Gasteiger charge is 2.20. The van der Waals surface area contributed by atoms with Crippen molar-refractivity contribution < 1.29 is 8.42 Å². The van der Waals surface area contributed by atoms with Gasteiger partial charge >= 0.3 is 0 Å². The van der Waals surface area contributed by atoms with E-state index in [2.05, 4.69) is 4.72 Å². The van der Waals surface area contributed by atoms with Gasteiger partial charge in [-0.05, 0) is 6.92 Å². The topological polar surface area (TPSA) is 73.2 Å². The molecular formula is C7H15N3O2S. The molecule has 5 nitrogen and oxygen atoms in total. The normalized spacial score (nSPS) is 14.1. The Morgan fingerprint density at radius 1 is 1.46 bits per heavy atom. The molecule has 0 bridgehead atoms. The van der Waals surface area contributed by atoms with E-state index in [1.54, 1.807) is 13.8 Å². The maximum atomic E-state index is 11.4. The zero-order valence-corrected chi connectivity index (χ0v) is 8.93. The van der Waals surface area contributed by atoms with Crippen LogP contribution in [-0.2, 0) is 10.2 Å². The summed E-state index contributed by atoms with van der Waals surface area (Å²) in [5, 5.41) is 8.43. The lowest BCUT2D eigenvalue weighted by Gasteiger charge is -2.19. The minimum absolute atomic E-state index is 0.407. The van der Waals surface area contributed by atoms with Crippen LogP contribution in [0.3, 0.4) is 0 Å². The number of nitrogens with one attached hydrogen (secondary N) is 1. The molecule has 0 aliphatic rings. The average molecular weight is 205 g/mol. The van der Waals surface area contributed by atoms with Crippen molar-refractivity contribution in [3.8, 4) is 6.07 Å². The first kappa shape index (κ1) is 12.4. The highest BCUT2D eigenvalue weighted by molar-refractivity contribution is 7.87. The lowest BCUT2D eigenvalue weighted by atomic mass is 10.4. The summed E-state index contributed by atoms with van der Waals surface area (Å²) in [6.07, 6.45) is 0.